The Kier molecular flexibility index (Phi) is 10.7. The Morgan fingerprint density at radius 3 is 1.64 bits per heavy atom. The Morgan fingerprint density at radius 2 is 1.10 bits per heavy atom. The molecule has 0 radical (unpaired) electrons. The Bertz CT molecular complexity index is 1320. The van der Waals surface area contributed by atoms with Gasteiger partial charge in [-0.1, -0.05) is 109 Å². The predicted molar refractivity (Wildman–Crippen MR) is 159 cm³/mol. The second-order valence-electron chi connectivity index (χ2n) is 10.5. The molecule has 0 aliphatic carbocycles. The molecule has 0 amide bonds. The van der Waals surface area contributed by atoms with Gasteiger partial charge in [-0.25, -0.2) is 0 Å². The van der Waals surface area contributed by atoms with E-state index in [2.05, 4.69) is 0 Å². The van der Waals surface area contributed by atoms with Crippen molar-refractivity contribution in [2.45, 2.75) is 63.6 Å². The summed E-state index contributed by atoms with van der Waals surface area (Å²) in [6, 6.07) is 36.7. The number of hydrogen-bond donors (Lipinski definition) is 2. The van der Waals surface area contributed by atoms with Crippen LogP contribution >= 0.6 is 0 Å². The zero-order valence-corrected chi connectivity index (χ0v) is 23.7. The smallest absolute Gasteiger partial charge is 0.229 e. The first kappa shape index (κ1) is 29.9. The van der Waals surface area contributed by atoms with E-state index in [0.717, 1.165) is 22.3 Å². The van der Waals surface area contributed by atoms with E-state index in [9.17, 15) is 10.2 Å². The lowest BCUT2D eigenvalue weighted by molar-refractivity contribution is -0.206. The number of hydrogen-bond acceptors (Lipinski definition) is 7. The summed E-state index contributed by atoms with van der Waals surface area (Å²) in [5.41, 5.74) is 3.96. The lowest BCUT2D eigenvalue weighted by Gasteiger charge is -2.33. The molecule has 0 bridgehead atoms. The third-order valence-corrected chi connectivity index (χ3v) is 7.20. The number of benzene rings is 4. The van der Waals surface area contributed by atoms with Crippen molar-refractivity contribution in [3.05, 3.63) is 138 Å². The van der Waals surface area contributed by atoms with E-state index in [4.69, 9.17) is 23.7 Å². The zero-order valence-electron chi connectivity index (χ0n) is 23.7. The average Bonchev–Trinajstić information content (AvgIpc) is 3.12. The van der Waals surface area contributed by atoms with Crippen LogP contribution in [0.3, 0.4) is 0 Å². The third-order valence-electron chi connectivity index (χ3n) is 7.20. The number of rotatable bonds is 12. The van der Waals surface area contributed by atoms with Crippen LogP contribution in [0.2, 0.25) is 0 Å². The molecule has 1 heterocycles. The standard InChI is InChI=1S/C35H38O7/c1-25-17-19-29(20-18-25)41-35-32(37)31(36)34(40-23-28-15-9-4-10-16-28)33(39-22-27-13-7-3-8-14-27)30(42-35)24-38-21-26-11-5-2-6-12-26/h2-20,30-37H,21-24H2,1H3/t30-,31-,32-,33-,34-,35+/m1/s1. The van der Waals surface area contributed by atoms with Gasteiger partial charge in [0.15, 0.2) is 0 Å². The van der Waals surface area contributed by atoms with E-state index >= 15 is 0 Å². The highest BCUT2D eigenvalue weighted by atomic mass is 16.7. The average molecular weight is 571 g/mol. The van der Waals surface area contributed by atoms with E-state index < -0.39 is 36.8 Å². The highest BCUT2D eigenvalue weighted by molar-refractivity contribution is 5.26. The highest BCUT2D eigenvalue weighted by Gasteiger charge is 2.48. The fourth-order valence-electron chi connectivity index (χ4n) is 4.87. The maximum Gasteiger partial charge on any atom is 0.229 e. The quantitative estimate of drug-likeness (QED) is 0.242. The molecule has 6 atom stereocenters. The van der Waals surface area contributed by atoms with Gasteiger partial charge in [-0.2, -0.15) is 0 Å². The van der Waals surface area contributed by atoms with Gasteiger partial charge in [0.05, 0.1) is 26.4 Å². The molecule has 0 spiro atoms. The maximum absolute atomic E-state index is 11.5. The molecule has 1 fully saturated rings. The van der Waals surface area contributed by atoms with Crippen molar-refractivity contribution in [3.63, 3.8) is 0 Å². The van der Waals surface area contributed by atoms with Crippen LogP contribution in [0.15, 0.2) is 115 Å². The van der Waals surface area contributed by atoms with Crippen LogP contribution in [0.4, 0.5) is 0 Å². The molecular formula is C35H38O7. The van der Waals surface area contributed by atoms with Crippen molar-refractivity contribution in [3.8, 4) is 5.75 Å². The zero-order chi connectivity index (χ0) is 29.1. The van der Waals surface area contributed by atoms with Crippen molar-refractivity contribution >= 4 is 0 Å². The second kappa shape index (κ2) is 15.1. The molecule has 7 heteroatoms. The minimum Gasteiger partial charge on any atom is -0.462 e. The molecule has 5 rings (SSSR count). The minimum atomic E-state index is -1.42. The Balaban J connectivity index is 1.42. The van der Waals surface area contributed by atoms with Crippen molar-refractivity contribution in [1.29, 1.82) is 0 Å². The van der Waals surface area contributed by atoms with Gasteiger partial charge in [0.1, 0.15) is 36.3 Å². The van der Waals surface area contributed by atoms with Crippen molar-refractivity contribution < 1.29 is 33.9 Å². The van der Waals surface area contributed by atoms with Crippen LogP contribution < -0.4 is 4.74 Å². The SMILES string of the molecule is Cc1ccc(O[C@H]2O[C@H](COCc3ccccc3)[C@@H](OCc3ccccc3)[C@H](OCc3ccccc3)[C@H](O)[C@H]2O)cc1. The lowest BCUT2D eigenvalue weighted by atomic mass is 10.00. The molecule has 4 aromatic carbocycles. The van der Waals surface area contributed by atoms with Gasteiger partial charge >= 0.3 is 0 Å². The topological polar surface area (TPSA) is 86.6 Å². The van der Waals surface area contributed by atoms with Crippen molar-refractivity contribution in [1.82, 2.24) is 0 Å². The van der Waals surface area contributed by atoms with Gasteiger partial charge in [0, 0.05) is 0 Å². The van der Waals surface area contributed by atoms with Crippen LogP contribution in [0.25, 0.3) is 0 Å². The number of aliphatic hydroxyl groups excluding tert-OH is 2. The molecule has 42 heavy (non-hydrogen) atoms. The van der Waals surface area contributed by atoms with E-state index in [1.54, 1.807) is 12.1 Å². The van der Waals surface area contributed by atoms with Gasteiger partial charge in [0.25, 0.3) is 0 Å². The molecule has 220 valence electrons. The minimum absolute atomic E-state index is 0.118. The Morgan fingerprint density at radius 1 is 0.595 bits per heavy atom. The summed E-state index contributed by atoms with van der Waals surface area (Å²) < 4.78 is 31.3. The largest absolute Gasteiger partial charge is 0.462 e. The summed E-state index contributed by atoms with van der Waals surface area (Å²) >= 11 is 0. The van der Waals surface area contributed by atoms with Gasteiger partial charge in [-0.05, 0) is 35.7 Å². The van der Waals surface area contributed by atoms with Crippen molar-refractivity contribution in [2.75, 3.05) is 6.61 Å². The lowest BCUT2D eigenvalue weighted by Crippen LogP contribution is -2.50. The monoisotopic (exact) mass is 570 g/mol. The van der Waals surface area contributed by atoms with E-state index in [0.29, 0.717) is 12.4 Å². The predicted octanol–water partition coefficient (Wildman–Crippen LogP) is 5.21. The van der Waals surface area contributed by atoms with Gasteiger partial charge in [-0.15, -0.1) is 0 Å². The molecule has 0 aromatic heterocycles. The first-order valence-electron chi connectivity index (χ1n) is 14.2. The van der Waals surface area contributed by atoms with Crippen LogP contribution in [0.1, 0.15) is 22.3 Å². The van der Waals surface area contributed by atoms with Crippen LogP contribution in [0.5, 0.6) is 5.75 Å². The van der Waals surface area contributed by atoms with E-state index in [1.807, 2.05) is 110 Å². The maximum atomic E-state index is 11.5. The van der Waals surface area contributed by atoms with Crippen LogP contribution in [-0.2, 0) is 38.8 Å². The van der Waals surface area contributed by atoms with Crippen LogP contribution in [0, 0.1) is 6.92 Å². The summed E-state index contributed by atoms with van der Waals surface area (Å²) in [6.07, 6.45) is -6.46. The summed E-state index contributed by atoms with van der Waals surface area (Å²) in [5, 5.41) is 22.9. The molecule has 1 aliphatic rings. The van der Waals surface area contributed by atoms with Crippen LogP contribution in [-0.4, -0.2) is 53.6 Å². The fourth-order valence-corrected chi connectivity index (χ4v) is 4.87. The van der Waals surface area contributed by atoms with Gasteiger partial charge in [-0.3, -0.25) is 0 Å². The Hall–Kier alpha value is -3.56. The van der Waals surface area contributed by atoms with Crippen molar-refractivity contribution in [2.24, 2.45) is 0 Å². The third kappa shape index (κ3) is 8.26. The molecular weight excluding hydrogens is 532 g/mol. The number of aliphatic hydroxyl groups is 2. The first-order chi connectivity index (χ1) is 20.6. The summed E-state index contributed by atoms with van der Waals surface area (Å²) in [5.74, 6) is 0.506. The summed E-state index contributed by atoms with van der Waals surface area (Å²) in [7, 11) is 0. The first-order valence-corrected chi connectivity index (χ1v) is 14.2. The molecule has 0 unspecified atom stereocenters. The van der Waals surface area contributed by atoms with Gasteiger partial charge < -0.3 is 33.9 Å². The van der Waals surface area contributed by atoms with E-state index in [-0.39, 0.29) is 19.8 Å². The molecule has 7 nitrogen and oxygen atoms in total. The summed E-state index contributed by atoms with van der Waals surface area (Å²) in [6.45, 7) is 2.92. The number of ether oxygens (including phenoxy) is 5. The second-order valence-corrected chi connectivity index (χ2v) is 10.5. The number of aryl methyl sites for hydroxylation is 1. The normalized spacial score (nSPS) is 24.2. The molecule has 1 aliphatic heterocycles. The van der Waals surface area contributed by atoms with E-state index in [1.165, 1.54) is 0 Å². The van der Waals surface area contributed by atoms with Gasteiger partial charge in [0.2, 0.25) is 6.29 Å². The Labute approximate surface area is 247 Å². The molecule has 0 saturated carbocycles. The molecule has 2 N–H and O–H groups in total. The fraction of sp³-hybridized carbons (Fsp3) is 0.314. The highest BCUT2D eigenvalue weighted by Crippen LogP contribution is 2.29. The molecule has 1 saturated heterocycles. The summed E-state index contributed by atoms with van der Waals surface area (Å²) in [4.78, 5) is 0. The molecule has 4 aromatic rings.